The number of aryl methyl sites for hydroxylation is 2. The average Bonchev–Trinajstić information content (AvgIpc) is 2.82. The second-order valence-corrected chi connectivity index (χ2v) is 7.33. The van der Waals surface area contributed by atoms with Crippen molar-refractivity contribution < 1.29 is 0 Å². The molecular weight excluding hydrogens is 268 g/mol. The first-order valence-electron chi connectivity index (χ1n) is 6.95. The molecule has 0 aliphatic rings. The number of rotatable bonds is 4. The van der Waals surface area contributed by atoms with Crippen LogP contribution in [-0.2, 0) is 13.1 Å². The van der Waals surface area contributed by atoms with Gasteiger partial charge in [-0.25, -0.2) is 4.98 Å². The quantitative estimate of drug-likeness (QED) is 0.941. The number of aromatic nitrogens is 3. The van der Waals surface area contributed by atoms with Crippen LogP contribution in [0.25, 0.3) is 0 Å². The van der Waals surface area contributed by atoms with E-state index in [1.54, 1.807) is 11.3 Å². The zero-order valence-corrected chi connectivity index (χ0v) is 14.1. The van der Waals surface area contributed by atoms with Gasteiger partial charge >= 0.3 is 0 Å². The molecule has 0 atom stereocenters. The molecule has 110 valence electrons. The molecule has 5 heteroatoms. The summed E-state index contributed by atoms with van der Waals surface area (Å²) in [6.07, 6.45) is 0. The molecule has 1 N–H and O–H groups in total. The Balaban J connectivity index is 2.16. The van der Waals surface area contributed by atoms with Gasteiger partial charge in [-0.05, 0) is 41.5 Å². The van der Waals surface area contributed by atoms with E-state index in [1.165, 1.54) is 11.3 Å². The van der Waals surface area contributed by atoms with Crippen molar-refractivity contribution in [2.45, 2.75) is 60.2 Å². The summed E-state index contributed by atoms with van der Waals surface area (Å²) in [7, 11) is 0. The van der Waals surface area contributed by atoms with Crippen LogP contribution in [0.4, 0.5) is 0 Å². The summed E-state index contributed by atoms with van der Waals surface area (Å²) in [5.74, 6) is 0. The number of nitrogens with one attached hydrogen (secondary N) is 1. The van der Waals surface area contributed by atoms with Crippen molar-refractivity contribution in [1.29, 1.82) is 0 Å². The van der Waals surface area contributed by atoms with Crippen LogP contribution in [0.3, 0.4) is 0 Å². The summed E-state index contributed by atoms with van der Waals surface area (Å²) in [4.78, 5) is 4.51. The van der Waals surface area contributed by atoms with Gasteiger partial charge in [-0.15, -0.1) is 11.3 Å². The van der Waals surface area contributed by atoms with Crippen LogP contribution in [0.2, 0.25) is 0 Å². The van der Waals surface area contributed by atoms with Crippen molar-refractivity contribution in [3.05, 3.63) is 33.0 Å². The summed E-state index contributed by atoms with van der Waals surface area (Å²) in [6, 6.07) is 0. The summed E-state index contributed by atoms with van der Waals surface area (Å²) in [5.41, 5.74) is 4.84. The Bertz CT molecular complexity index is 590. The summed E-state index contributed by atoms with van der Waals surface area (Å²) >= 11 is 1.69. The normalized spacial score (nSPS) is 12.1. The van der Waals surface area contributed by atoms with Crippen molar-refractivity contribution in [3.63, 3.8) is 0 Å². The van der Waals surface area contributed by atoms with Gasteiger partial charge in [-0.1, -0.05) is 0 Å². The molecule has 0 bridgehead atoms. The lowest BCUT2D eigenvalue weighted by molar-refractivity contribution is 0.423. The van der Waals surface area contributed by atoms with Crippen molar-refractivity contribution in [2.24, 2.45) is 0 Å². The van der Waals surface area contributed by atoms with Gasteiger partial charge < -0.3 is 5.32 Å². The van der Waals surface area contributed by atoms with E-state index in [0.717, 1.165) is 29.5 Å². The zero-order valence-electron chi connectivity index (χ0n) is 13.2. The van der Waals surface area contributed by atoms with Gasteiger partial charge in [0.2, 0.25) is 0 Å². The van der Waals surface area contributed by atoms with Crippen LogP contribution in [0.5, 0.6) is 0 Å². The van der Waals surface area contributed by atoms with E-state index in [9.17, 15) is 0 Å². The lowest BCUT2D eigenvalue weighted by Gasteiger charge is -2.20. The van der Waals surface area contributed by atoms with Crippen LogP contribution in [0.1, 0.15) is 48.4 Å². The summed E-state index contributed by atoms with van der Waals surface area (Å²) < 4.78 is 2.06. The fraction of sp³-hybridized carbons (Fsp3) is 0.600. The van der Waals surface area contributed by atoms with E-state index in [4.69, 9.17) is 0 Å². The second-order valence-electron chi connectivity index (χ2n) is 6.27. The summed E-state index contributed by atoms with van der Waals surface area (Å²) in [5, 5.41) is 11.4. The van der Waals surface area contributed by atoms with Crippen molar-refractivity contribution in [2.75, 3.05) is 0 Å². The standard InChI is InChI=1S/C15H24N4S/c1-10-14(7-16-15(4,5)6)11(2)19(18-10)8-13-9-20-12(3)17-13/h9,16H,7-8H2,1-6H3. The van der Waals surface area contributed by atoms with E-state index in [-0.39, 0.29) is 5.54 Å². The van der Waals surface area contributed by atoms with E-state index in [0.29, 0.717) is 0 Å². The average molecular weight is 292 g/mol. The minimum atomic E-state index is 0.118. The van der Waals surface area contributed by atoms with E-state index in [1.807, 2.05) is 6.92 Å². The maximum Gasteiger partial charge on any atom is 0.0898 e. The van der Waals surface area contributed by atoms with Gasteiger partial charge in [0.05, 0.1) is 22.9 Å². The molecule has 0 saturated carbocycles. The largest absolute Gasteiger partial charge is 0.308 e. The zero-order chi connectivity index (χ0) is 14.9. The van der Waals surface area contributed by atoms with E-state index in [2.05, 4.69) is 60.1 Å². The molecule has 2 rings (SSSR count). The van der Waals surface area contributed by atoms with Gasteiger partial charge in [0.15, 0.2) is 0 Å². The molecule has 2 aromatic heterocycles. The molecule has 0 amide bonds. The van der Waals surface area contributed by atoms with Crippen LogP contribution < -0.4 is 5.32 Å². The van der Waals surface area contributed by atoms with Gasteiger partial charge in [0, 0.05) is 28.7 Å². The highest BCUT2D eigenvalue weighted by Gasteiger charge is 2.15. The van der Waals surface area contributed by atoms with Gasteiger partial charge in [0.1, 0.15) is 0 Å². The molecule has 2 heterocycles. The minimum Gasteiger partial charge on any atom is -0.308 e. The van der Waals surface area contributed by atoms with Gasteiger partial charge in [0.25, 0.3) is 0 Å². The Morgan fingerprint density at radius 2 is 1.95 bits per heavy atom. The van der Waals surface area contributed by atoms with Crippen LogP contribution in [-0.4, -0.2) is 20.3 Å². The Hall–Kier alpha value is -1.20. The van der Waals surface area contributed by atoms with E-state index < -0.39 is 0 Å². The SMILES string of the molecule is Cc1nc(Cn2nc(C)c(CNC(C)(C)C)c2C)cs1. The first-order chi connectivity index (χ1) is 9.26. The molecular formula is C15H24N4S. The molecule has 4 nitrogen and oxygen atoms in total. The van der Waals surface area contributed by atoms with Gasteiger partial charge in [-0.3, -0.25) is 4.68 Å². The topological polar surface area (TPSA) is 42.7 Å². The molecule has 0 aliphatic heterocycles. The third kappa shape index (κ3) is 3.67. The lowest BCUT2D eigenvalue weighted by Crippen LogP contribution is -2.35. The van der Waals surface area contributed by atoms with Crippen molar-refractivity contribution >= 4 is 11.3 Å². The van der Waals surface area contributed by atoms with Crippen molar-refractivity contribution in [1.82, 2.24) is 20.1 Å². The minimum absolute atomic E-state index is 0.118. The number of thiazole rings is 1. The third-order valence-electron chi connectivity index (χ3n) is 3.31. The maximum absolute atomic E-state index is 4.66. The van der Waals surface area contributed by atoms with Crippen molar-refractivity contribution in [3.8, 4) is 0 Å². The van der Waals surface area contributed by atoms with Crippen LogP contribution in [0.15, 0.2) is 5.38 Å². The molecule has 0 aromatic carbocycles. The highest BCUT2D eigenvalue weighted by Crippen LogP contribution is 2.17. The third-order valence-corrected chi connectivity index (χ3v) is 4.13. The molecule has 0 spiro atoms. The Labute approximate surface area is 125 Å². The van der Waals surface area contributed by atoms with Gasteiger partial charge in [-0.2, -0.15) is 5.10 Å². The molecule has 0 saturated heterocycles. The molecule has 0 unspecified atom stereocenters. The first-order valence-corrected chi connectivity index (χ1v) is 7.83. The predicted molar refractivity (Wildman–Crippen MR) is 84.2 cm³/mol. The number of nitrogens with zero attached hydrogens (tertiary/aromatic N) is 3. The maximum atomic E-state index is 4.66. The fourth-order valence-corrected chi connectivity index (χ4v) is 2.74. The molecule has 0 fully saturated rings. The highest BCUT2D eigenvalue weighted by atomic mass is 32.1. The number of hydrogen-bond donors (Lipinski definition) is 1. The van der Waals surface area contributed by atoms with Crippen LogP contribution in [0, 0.1) is 20.8 Å². The Morgan fingerprint density at radius 3 is 2.50 bits per heavy atom. The molecule has 0 radical (unpaired) electrons. The summed E-state index contributed by atoms with van der Waals surface area (Å²) in [6.45, 7) is 14.4. The number of hydrogen-bond acceptors (Lipinski definition) is 4. The fourth-order valence-electron chi connectivity index (χ4n) is 2.13. The molecule has 0 aliphatic carbocycles. The highest BCUT2D eigenvalue weighted by molar-refractivity contribution is 7.09. The van der Waals surface area contributed by atoms with E-state index >= 15 is 0 Å². The Kier molecular flexibility index (Phi) is 4.30. The van der Waals surface area contributed by atoms with Crippen LogP contribution >= 0.6 is 11.3 Å². The monoisotopic (exact) mass is 292 g/mol. The Morgan fingerprint density at radius 1 is 1.25 bits per heavy atom. The first kappa shape index (κ1) is 15.2. The lowest BCUT2D eigenvalue weighted by atomic mass is 10.1. The second kappa shape index (κ2) is 5.66. The predicted octanol–water partition coefficient (Wildman–Crippen LogP) is 3.20. The molecule has 2 aromatic rings. The smallest absolute Gasteiger partial charge is 0.0898 e. The molecule has 20 heavy (non-hydrogen) atoms.